The van der Waals surface area contributed by atoms with Crippen LogP contribution in [0.1, 0.15) is 78.8 Å². The quantitative estimate of drug-likeness (QED) is 0.270. The van der Waals surface area contributed by atoms with Gasteiger partial charge in [-0.3, -0.25) is 0 Å². The molecule has 0 amide bonds. The molecular formula is C32H34O. The maximum absolute atomic E-state index is 6.10. The van der Waals surface area contributed by atoms with Gasteiger partial charge in [0.15, 0.2) is 0 Å². The predicted molar refractivity (Wildman–Crippen MR) is 139 cm³/mol. The second-order valence-electron chi connectivity index (χ2n) is 8.85. The first kappa shape index (κ1) is 22.9. The van der Waals surface area contributed by atoms with E-state index in [1.54, 1.807) is 0 Å². The van der Waals surface area contributed by atoms with Gasteiger partial charge in [-0.05, 0) is 52.4 Å². The number of rotatable bonds is 8. The topological polar surface area (TPSA) is 9.23 Å². The second kappa shape index (κ2) is 10.5. The largest absolute Gasteiger partial charge is 0.494 e. The van der Waals surface area contributed by atoms with Crippen molar-refractivity contribution in [2.24, 2.45) is 0 Å². The Hall–Kier alpha value is -3.32. The van der Waals surface area contributed by atoms with Gasteiger partial charge in [0.05, 0.1) is 6.61 Å². The van der Waals surface area contributed by atoms with E-state index in [9.17, 15) is 0 Å². The third kappa shape index (κ3) is 5.03. The van der Waals surface area contributed by atoms with Crippen LogP contribution in [0.15, 0.2) is 103 Å². The highest BCUT2D eigenvalue weighted by molar-refractivity contribution is 5.54. The molecule has 0 aromatic heterocycles. The number of benzene rings is 4. The summed E-state index contributed by atoms with van der Waals surface area (Å²) < 4.78 is 6.10. The van der Waals surface area contributed by atoms with Gasteiger partial charge in [0.1, 0.15) is 5.75 Å². The Bertz CT molecular complexity index is 1080. The van der Waals surface area contributed by atoms with Crippen molar-refractivity contribution < 1.29 is 4.74 Å². The summed E-state index contributed by atoms with van der Waals surface area (Å²) in [6.07, 6.45) is 0. The maximum atomic E-state index is 6.10. The minimum Gasteiger partial charge on any atom is -0.494 e. The van der Waals surface area contributed by atoms with E-state index in [-0.39, 0.29) is 17.8 Å². The Kier molecular flexibility index (Phi) is 7.29. The molecule has 0 saturated carbocycles. The summed E-state index contributed by atoms with van der Waals surface area (Å²) >= 11 is 0. The van der Waals surface area contributed by atoms with Crippen molar-refractivity contribution in [1.29, 1.82) is 0 Å². The molecule has 0 aliphatic heterocycles. The van der Waals surface area contributed by atoms with Crippen LogP contribution in [0, 0.1) is 0 Å². The first-order valence-corrected chi connectivity index (χ1v) is 12.1. The first-order valence-electron chi connectivity index (χ1n) is 12.1. The van der Waals surface area contributed by atoms with Gasteiger partial charge in [0.2, 0.25) is 0 Å². The van der Waals surface area contributed by atoms with Crippen molar-refractivity contribution in [3.8, 4) is 5.75 Å². The van der Waals surface area contributed by atoms with Gasteiger partial charge in [-0.25, -0.2) is 0 Å². The molecule has 3 atom stereocenters. The SMILES string of the molecule is CCOc1cc(C(C)c2ccccc2)c(C(C)c2ccccc2)c(C(C)c2ccccc2)c1. The number of hydrogen-bond donors (Lipinski definition) is 0. The van der Waals surface area contributed by atoms with Crippen LogP contribution in [0.2, 0.25) is 0 Å². The molecule has 168 valence electrons. The smallest absolute Gasteiger partial charge is 0.119 e. The van der Waals surface area contributed by atoms with E-state index in [0.29, 0.717) is 6.61 Å². The van der Waals surface area contributed by atoms with Gasteiger partial charge in [0.25, 0.3) is 0 Å². The first-order chi connectivity index (χ1) is 16.1. The third-order valence-electron chi connectivity index (χ3n) is 6.79. The van der Waals surface area contributed by atoms with Gasteiger partial charge in [-0.2, -0.15) is 0 Å². The van der Waals surface area contributed by atoms with E-state index in [0.717, 1.165) is 5.75 Å². The zero-order valence-corrected chi connectivity index (χ0v) is 20.2. The van der Waals surface area contributed by atoms with Crippen LogP contribution in [0.25, 0.3) is 0 Å². The Morgan fingerprint density at radius 3 is 1.27 bits per heavy atom. The van der Waals surface area contributed by atoms with Crippen molar-refractivity contribution in [2.75, 3.05) is 6.61 Å². The van der Waals surface area contributed by atoms with E-state index in [2.05, 4.69) is 131 Å². The van der Waals surface area contributed by atoms with Crippen LogP contribution < -0.4 is 4.74 Å². The number of ether oxygens (including phenoxy) is 1. The van der Waals surface area contributed by atoms with Crippen LogP contribution in [-0.2, 0) is 0 Å². The molecular weight excluding hydrogens is 400 g/mol. The molecule has 0 saturated heterocycles. The van der Waals surface area contributed by atoms with Gasteiger partial charge in [-0.1, -0.05) is 112 Å². The average molecular weight is 435 g/mol. The van der Waals surface area contributed by atoms with Gasteiger partial charge < -0.3 is 4.74 Å². The molecule has 0 bridgehead atoms. The summed E-state index contributed by atoms with van der Waals surface area (Å²) in [7, 11) is 0. The fourth-order valence-corrected chi connectivity index (χ4v) is 4.89. The maximum Gasteiger partial charge on any atom is 0.119 e. The van der Waals surface area contributed by atoms with Crippen LogP contribution in [0.5, 0.6) is 5.75 Å². The highest BCUT2D eigenvalue weighted by Gasteiger charge is 2.25. The molecule has 0 spiro atoms. The van der Waals surface area contributed by atoms with Crippen LogP contribution >= 0.6 is 0 Å². The molecule has 4 aromatic rings. The van der Waals surface area contributed by atoms with E-state index in [1.807, 2.05) is 0 Å². The molecule has 0 aliphatic rings. The summed E-state index contributed by atoms with van der Waals surface area (Å²) in [6.45, 7) is 9.69. The summed E-state index contributed by atoms with van der Waals surface area (Å²) in [5.74, 6) is 1.74. The van der Waals surface area contributed by atoms with Crippen molar-refractivity contribution >= 4 is 0 Å². The Morgan fingerprint density at radius 1 is 0.545 bits per heavy atom. The molecule has 1 nitrogen and oxygen atoms in total. The Labute approximate surface area is 199 Å². The van der Waals surface area contributed by atoms with Gasteiger partial charge >= 0.3 is 0 Å². The molecule has 4 rings (SSSR count). The van der Waals surface area contributed by atoms with E-state index >= 15 is 0 Å². The zero-order chi connectivity index (χ0) is 23.2. The summed E-state index contributed by atoms with van der Waals surface area (Å²) in [4.78, 5) is 0. The lowest BCUT2D eigenvalue weighted by Crippen LogP contribution is -2.12. The van der Waals surface area contributed by atoms with Crippen molar-refractivity contribution in [3.05, 3.63) is 137 Å². The van der Waals surface area contributed by atoms with Gasteiger partial charge in [0, 0.05) is 17.8 Å². The Balaban J connectivity index is 1.96. The fraction of sp³-hybridized carbons (Fsp3) is 0.250. The minimum absolute atomic E-state index is 0.259. The third-order valence-corrected chi connectivity index (χ3v) is 6.79. The standard InChI is InChI=1S/C32H34O/c1-5-33-29-21-30(23(2)26-15-9-6-10-16-26)32(25(4)28-19-13-8-14-20-28)31(22-29)24(3)27-17-11-7-12-18-27/h6-25H,5H2,1-4H3. The lowest BCUT2D eigenvalue weighted by atomic mass is 9.76. The molecule has 0 radical (unpaired) electrons. The fourth-order valence-electron chi connectivity index (χ4n) is 4.89. The van der Waals surface area contributed by atoms with E-state index in [4.69, 9.17) is 4.74 Å². The van der Waals surface area contributed by atoms with Crippen molar-refractivity contribution in [2.45, 2.75) is 45.4 Å². The summed E-state index contributed by atoms with van der Waals surface area (Å²) in [6, 6.07) is 37.0. The molecule has 0 N–H and O–H groups in total. The highest BCUT2D eigenvalue weighted by atomic mass is 16.5. The van der Waals surface area contributed by atoms with Crippen LogP contribution in [0.4, 0.5) is 0 Å². The van der Waals surface area contributed by atoms with Gasteiger partial charge in [-0.15, -0.1) is 0 Å². The Morgan fingerprint density at radius 2 is 0.909 bits per heavy atom. The van der Waals surface area contributed by atoms with Crippen molar-refractivity contribution in [1.82, 2.24) is 0 Å². The normalized spacial score (nSPS) is 13.8. The zero-order valence-electron chi connectivity index (χ0n) is 20.2. The summed E-state index contributed by atoms with van der Waals surface area (Å²) in [5.41, 5.74) is 8.10. The van der Waals surface area contributed by atoms with Crippen molar-refractivity contribution in [3.63, 3.8) is 0 Å². The molecule has 4 aromatic carbocycles. The van der Waals surface area contributed by atoms with Crippen LogP contribution in [0.3, 0.4) is 0 Å². The molecule has 33 heavy (non-hydrogen) atoms. The van der Waals surface area contributed by atoms with E-state index < -0.39 is 0 Å². The number of hydrogen-bond acceptors (Lipinski definition) is 1. The van der Waals surface area contributed by atoms with Crippen LogP contribution in [-0.4, -0.2) is 6.61 Å². The second-order valence-corrected chi connectivity index (χ2v) is 8.85. The minimum atomic E-state index is 0.259. The molecule has 0 heterocycles. The molecule has 3 unspecified atom stereocenters. The average Bonchev–Trinajstić information content (AvgIpc) is 2.88. The monoisotopic (exact) mass is 434 g/mol. The molecule has 1 heteroatoms. The summed E-state index contributed by atoms with van der Waals surface area (Å²) in [5, 5.41) is 0. The lowest BCUT2D eigenvalue weighted by molar-refractivity contribution is 0.339. The highest BCUT2D eigenvalue weighted by Crippen LogP contribution is 2.42. The lowest BCUT2D eigenvalue weighted by Gasteiger charge is -2.28. The van der Waals surface area contributed by atoms with E-state index in [1.165, 1.54) is 33.4 Å². The predicted octanol–water partition coefficient (Wildman–Crippen LogP) is 8.54. The molecule has 0 aliphatic carbocycles. The molecule has 0 fully saturated rings.